The van der Waals surface area contributed by atoms with Gasteiger partial charge in [0.1, 0.15) is 0 Å². The molecule has 1 rings (SSSR count). The van der Waals surface area contributed by atoms with Crippen LogP contribution in [0.3, 0.4) is 0 Å². The Morgan fingerprint density at radius 2 is 2.05 bits per heavy atom. The van der Waals surface area contributed by atoms with Crippen LogP contribution in [0.1, 0.15) is 13.3 Å². The van der Waals surface area contributed by atoms with E-state index in [9.17, 15) is 18.0 Å². The average molecular weight is 292 g/mol. The van der Waals surface area contributed by atoms with Gasteiger partial charge in [0.2, 0.25) is 5.91 Å². The first-order valence-electron chi connectivity index (χ1n) is 6.15. The second-order valence-electron chi connectivity index (χ2n) is 4.55. The van der Waals surface area contributed by atoms with Gasteiger partial charge in [0.25, 0.3) is 0 Å². The van der Waals surface area contributed by atoms with Crippen molar-refractivity contribution in [3.05, 3.63) is 0 Å². The van der Waals surface area contributed by atoms with Gasteiger partial charge < -0.3 is 10.1 Å². The Hall–Kier alpha value is -1.15. The molecule has 0 aromatic heterocycles. The largest absolute Gasteiger partial charge is 0.468 e. The maximum atomic E-state index is 11.7. The van der Waals surface area contributed by atoms with Gasteiger partial charge in [0.05, 0.1) is 31.7 Å². The number of hydrogen-bond donors (Lipinski definition) is 1. The second-order valence-corrected chi connectivity index (χ2v) is 6.78. The van der Waals surface area contributed by atoms with Crippen LogP contribution in [0.5, 0.6) is 0 Å². The van der Waals surface area contributed by atoms with Gasteiger partial charge in [-0.05, 0) is 13.0 Å². The molecule has 7 nitrogen and oxygen atoms in total. The zero-order chi connectivity index (χ0) is 14.5. The van der Waals surface area contributed by atoms with E-state index in [1.54, 1.807) is 4.90 Å². The van der Waals surface area contributed by atoms with Crippen LogP contribution in [0.4, 0.5) is 0 Å². The highest BCUT2D eigenvalue weighted by molar-refractivity contribution is 7.91. The summed E-state index contributed by atoms with van der Waals surface area (Å²) in [6, 6.07) is -0.311. The maximum absolute atomic E-state index is 11.7. The van der Waals surface area contributed by atoms with Crippen molar-refractivity contribution >= 4 is 21.7 Å². The molecule has 1 saturated heterocycles. The van der Waals surface area contributed by atoms with Crippen molar-refractivity contribution in [1.29, 1.82) is 0 Å². The molecule has 0 radical (unpaired) electrons. The quantitative estimate of drug-likeness (QED) is 0.617. The monoisotopic (exact) mass is 292 g/mol. The molecule has 0 spiro atoms. The Morgan fingerprint density at radius 1 is 1.37 bits per heavy atom. The molecule has 0 aromatic rings. The van der Waals surface area contributed by atoms with Crippen LogP contribution in [0.25, 0.3) is 0 Å². The predicted octanol–water partition coefficient (Wildman–Crippen LogP) is -1.22. The summed E-state index contributed by atoms with van der Waals surface area (Å²) < 4.78 is 27.1. The molecule has 1 atom stereocenters. The van der Waals surface area contributed by atoms with Crippen molar-refractivity contribution in [3.8, 4) is 0 Å². The van der Waals surface area contributed by atoms with Gasteiger partial charge in [-0.2, -0.15) is 0 Å². The lowest BCUT2D eigenvalue weighted by Crippen LogP contribution is -2.44. The van der Waals surface area contributed by atoms with E-state index in [-0.39, 0.29) is 36.5 Å². The summed E-state index contributed by atoms with van der Waals surface area (Å²) in [5, 5.41) is 2.68. The van der Waals surface area contributed by atoms with Gasteiger partial charge in [-0.25, -0.2) is 8.42 Å². The van der Waals surface area contributed by atoms with Gasteiger partial charge in [0, 0.05) is 6.04 Å². The molecule has 0 saturated carbocycles. The molecule has 1 heterocycles. The standard InChI is InChI=1S/C11H20N2O5S/c1-3-13(7-11(15)18-2)6-10(14)12-9-4-5-19(16,17)8-9/h9H,3-8H2,1-2H3,(H,12,14). The number of carbonyl (C=O) groups excluding carboxylic acids is 2. The van der Waals surface area contributed by atoms with Crippen LogP contribution in [-0.2, 0) is 24.2 Å². The summed E-state index contributed by atoms with van der Waals surface area (Å²) >= 11 is 0. The van der Waals surface area contributed by atoms with Gasteiger partial charge in [-0.3, -0.25) is 14.5 Å². The second kappa shape index (κ2) is 6.85. The number of carbonyl (C=O) groups is 2. The number of hydrogen-bond acceptors (Lipinski definition) is 6. The lowest BCUT2D eigenvalue weighted by molar-refractivity contribution is -0.142. The van der Waals surface area contributed by atoms with Gasteiger partial charge >= 0.3 is 5.97 Å². The van der Waals surface area contributed by atoms with Gasteiger partial charge in [-0.15, -0.1) is 0 Å². The zero-order valence-corrected chi connectivity index (χ0v) is 12.0. The molecule has 8 heteroatoms. The SMILES string of the molecule is CCN(CC(=O)NC1CCS(=O)(=O)C1)CC(=O)OC. The lowest BCUT2D eigenvalue weighted by atomic mass is 10.2. The first kappa shape index (κ1) is 15.9. The number of likely N-dealkylation sites (N-methyl/N-ethyl adjacent to an activating group) is 1. The molecule has 1 fully saturated rings. The van der Waals surface area contributed by atoms with Crippen LogP contribution in [-0.4, -0.2) is 69.5 Å². The third-order valence-corrected chi connectivity index (χ3v) is 4.76. The molecule has 1 N–H and O–H groups in total. The van der Waals surface area contributed by atoms with Crippen molar-refractivity contribution in [2.75, 3.05) is 38.2 Å². The summed E-state index contributed by atoms with van der Waals surface area (Å²) in [5.74, 6) is -0.551. The summed E-state index contributed by atoms with van der Waals surface area (Å²) in [4.78, 5) is 24.5. The third-order valence-electron chi connectivity index (χ3n) is 2.99. The predicted molar refractivity (Wildman–Crippen MR) is 69.3 cm³/mol. The minimum absolute atomic E-state index is 0.00185. The van der Waals surface area contributed by atoms with Crippen LogP contribution in [0, 0.1) is 0 Å². The molecule has 110 valence electrons. The van der Waals surface area contributed by atoms with Crippen LogP contribution >= 0.6 is 0 Å². The van der Waals surface area contributed by atoms with Gasteiger partial charge in [-0.1, -0.05) is 6.92 Å². The van der Waals surface area contributed by atoms with Crippen molar-refractivity contribution in [2.45, 2.75) is 19.4 Å². The van der Waals surface area contributed by atoms with Gasteiger partial charge in [0.15, 0.2) is 9.84 Å². The molecule has 1 unspecified atom stereocenters. The number of ether oxygens (including phenoxy) is 1. The molecule has 0 aliphatic carbocycles. The fraction of sp³-hybridized carbons (Fsp3) is 0.818. The van der Waals surface area contributed by atoms with Crippen LogP contribution in [0.2, 0.25) is 0 Å². The highest BCUT2D eigenvalue weighted by Crippen LogP contribution is 2.11. The van der Waals surface area contributed by atoms with Crippen LogP contribution in [0.15, 0.2) is 0 Å². The summed E-state index contributed by atoms with van der Waals surface area (Å²) in [7, 11) is -1.71. The lowest BCUT2D eigenvalue weighted by Gasteiger charge is -2.19. The number of methoxy groups -OCH3 is 1. The van der Waals surface area contributed by atoms with E-state index in [2.05, 4.69) is 10.1 Å². The van der Waals surface area contributed by atoms with Crippen molar-refractivity contribution in [1.82, 2.24) is 10.2 Å². The molecule has 1 aliphatic heterocycles. The number of sulfone groups is 1. The smallest absolute Gasteiger partial charge is 0.319 e. The molecule has 0 bridgehead atoms. The number of nitrogens with zero attached hydrogens (tertiary/aromatic N) is 1. The Labute approximate surface area is 113 Å². The van der Waals surface area contributed by atoms with Crippen molar-refractivity contribution < 1.29 is 22.7 Å². The first-order valence-corrected chi connectivity index (χ1v) is 7.97. The zero-order valence-electron chi connectivity index (χ0n) is 11.2. The number of esters is 1. The minimum atomic E-state index is -3.00. The molecule has 0 aromatic carbocycles. The Bertz CT molecular complexity index is 434. The maximum Gasteiger partial charge on any atom is 0.319 e. The van der Waals surface area contributed by atoms with E-state index in [0.29, 0.717) is 13.0 Å². The molecular formula is C11H20N2O5S. The van der Waals surface area contributed by atoms with Crippen molar-refractivity contribution in [3.63, 3.8) is 0 Å². The molecule has 1 amide bonds. The highest BCUT2D eigenvalue weighted by Gasteiger charge is 2.29. The Balaban J connectivity index is 2.39. The number of amides is 1. The van der Waals surface area contributed by atoms with Crippen LogP contribution < -0.4 is 5.32 Å². The molecule has 19 heavy (non-hydrogen) atoms. The third kappa shape index (κ3) is 5.56. The molecule has 1 aliphatic rings. The Morgan fingerprint density at radius 3 is 2.53 bits per heavy atom. The van der Waals surface area contributed by atoms with Crippen molar-refractivity contribution in [2.24, 2.45) is 0 Å². The first-order chi connectivity index (χ1) is 8.86. The fourth-order valence-electron chi connectivity index (χ4n) is 1.91. The number of rotatable bonds is 6. The summed E-state index contributed by atoms with van der Waals surface area (Å²) in [6.45, 7) is 2.47. The normalized spacial score (nSPS) is 21.3. The minimum Gasteiger partial charge on any atom is -0.468 e. The van der Waals surface area contributed by atoms with E-state index >= 15 is 0 Å². The average Bonchev–Trinajstić information content (AvgIpc) is 2.67. The van der Waals surface area contributed by atoms with E-state index in [0.717, 1.165) is 0 Å². The Kier molecular flexibility index (Phi) is 5.74. The summed E-state index contributed by atoms with van der Waals surface area (Å²) in [5.41, 5.74) is 0. The summed E-state index contributed by atoms with van der Waals surface area (Å²) in [6.07, 6.45) is 0.456. The van der Waals surface area contributed by atoms with E-state index in [1.165, 1.54) is 7.11 Å². The van der Waals surface area contributed by atoms with E-state index < -0.39 is 15.8 Å². The van der Waals surface area contributed by atoms with E-state index in [1.807, 2.05) is 6.92 Å². The molecular weight excluding hydrogens is 272 g/mol. The topological polar surface area (TPSA) is 92.8 Å². The van der Waals surface area contributed by atoms with E-state index in [4.69, 9.17) is 0 Å². The highest BCUT2D eigenvalue weighted by atomic mass is 32.2. The fourth-order valence-corrected chi connectivity index (χ4v) is 3.59. The number of nitrogens with one attached hydrogen (secondary N) is 1.